The second kappa shape index (κ2) is 9.70. The molecule has 1 N–H and O–H groups in total. The minimum atomic E-state index is 0.179. The molecule has 3 nitrogen and oxygen atoms in total. The molecule has 1 saturated heterocycles. The molecule has 0 unspecified atom stereocenters. The highest BCUT2D eigenvalue weighted by Crippen LogP contribution is 2.19. The summed E-state index contributed by atoms with van der Waals surface area (Å²) < 4.78 is 0. The van der Waals surface area contributed by atoms with Crippen molar-refractivity contribution in [3.63, 3.8) is 0 Å². The second-order valence-electron chi connectivity index (χ2n) is 7.92. The first kappa shape index (κ1) is 19.6. The number of aryl methyl sites for hydroxylation is 3. The number of amides is 1. The third-order valence-electron chi connectivity index (χ3n) is 5.55. The molecule has 1 aliphatic rings. The van der Waals surface area contributed by atoms with E-state index in [1.807, 2.05) is 0 Å². The van der Waals surface area contributed by atoms with Gasteiger partial charge in [-0.1, -0.05) is 59.7 Å². The van der Waals surface area contributed by atoms with Gasteiger partial charge in [-0.05, 0) is 63.7 Å². The maximum atomic E-state index is 12.4. The second-order valence-corrected chi connectivity index (χ2v) is 7.92. The monoisotopic (exact) mass is 364 g/mol. The Labute approximate surface area is 163 Å². The Hall–Kier alpha value is -2.13. The Morgan fingerprint density at radius 1 is 0.926 bits per heavy atom. The van der Waals surface area contributed by atoms with Crippen LogP contribution in [0, 0.1) is 19.8 Å². The number of likely N-dealkylation sites (tertiary alicyclic amines) is 1. The van der Waals surface area contributed by atoms with E-state index in [1.54, 1.807) is 0 Å². The van der Waals surface area contributed by atoms with Crippen molar-refractivity contribution in [3.8, 4) is 0 Å². The van der Waals surface area contributed by atoms with Gasteiger partial charge in [-0.25, -0.2) is 0 Å². The van der Waals surface area contributed by atoms with Crippen LogP contribution in [0.1, 0.15) is 41.5 Å². The Bertz CT molecular complexity index is 713. The largest absolute Gasteiger partial charge is 0.356 e. The SMILES string of the molecule is Cc1ccc(CCCNC(=O)C2CCN(Cc3ccc(C)cc3)CC2)cc1. The lowest BCUT2D eigenvalue weighted by Crippen LogP contribution is -2.40. The molecule has 1 aliphatic heterocycles. The van der Waals surface area contributed by atoms with Crippen LogP contribution in [0.4, 0.5) is 0 Å². The Balaban J connectivity index is 1.33. The van der Waals surface area contributed by atoms with Crippen molar-refractivity contribution in [2.24, 2.45) is 5.92 Å². The number of carbonyl (C=O) groups is 1. The zero-order valence-corrected chi connectivity index (χ0v) is 16.7. The van der Waals surface area contributed by atoms with E-state index in [9.17, 15) is 4.79 Å². The smallest absolute Gasteiger partial charge is 0.223 e. The number of nitrogens with one attached hydrogen (secondary N) is 1. The van der Waals surface area contributed by atoms with E-state index in [2.05, 4.69) is 72.6 Å². The van der Waals surface area contributed by atoms with Crippen LogP contribution in [0.15, 0.2) is 48.5 Å². The zero-order chi connectivity index (χ0) is 19.1. The van der Waals surface area contributed by atoms with E-state index in [0.717, 1.165) is 51.9 Å². The Kier molecular flexibility index (Phi) is 7.05. The molecule has 0 aromatic heterocycles. The van der Waals surface area contributed by atoms with E-state index in [1.165, 1.54) is 22.3 Å². The zero-order valence-electron chi connectivity index (χ0n) is 16.7. The molecule has 2 aromatic carbocycles. The minimum Gasteiger partial charge on any atom is -0.356 e. The minimum absolute atomic E-state index is 0.179. The van der Waals surface area contributed by atoms with Crippen molar-refractivity contribution in [1.29, 1.82) is 0 Å². The van der Waals surface area contributed by atoms with Crippen molar-refractivity contribution in [2.45, 2.75) is 46.1 Å². The number of hydrogen-bond acceptors (Lipinski definition) is 2. The number of carbonyl (C=O) groups excluding carboxylic acids is 1. The molecule has 1 fully saturated rings. The third kappa shape index (κ3) is 6.21. The molecule has 1 heterocycles. The first-order valence-corrected chi connectivity index (χ1v) is 10.2. The summed E-state index contributed by atoms with van der Waals surface area (Å²) in [6, 6.07) is 17.4. The lowest BCUT2D eigenvalue weighted by molar-refractivity contribution is -0.126. The molecule has 27 heavy (non-hydrogen) atoms. The highest BCUT2D eigenvalue weighted by molar-refractivity contribution is 5.78. The van der Waals surface area contributed by atoms with Gasteiger partial charge >= 0.3 is 0 Å². The summed E-state index contributed by atoms with van der Waals surface area (Å²) in [7, 11) is 0. The predicted molar refractivity (Wildman–Crippen MR) is 112 cm³/mol. The number of nitrogens with zero attached hydrogens (tertiary/aromatic N) is 1. The van der Waals surface area contributed by atoms with Crippen LogP contribution < -0.4 is 5.32 Å². The van der Waals surface area contributed by atoms with E-state index in [-0.39, 0.29) is 11.8 Å². The van der Waals surface area contributed by atoms with Gasteiger partial charge in [0.2, 0.25) is 5.91 Å². The molecule has 3 heteroatoms. The van der Waals surface area contributed by atoms with Gasteiger partial charge in [0.25, 0.3) is 0 Å². The van der Waals surface area contributed by atoms with Gasteiger partial charge in [0.1, 0.15) is 0 Å². The molecule has 0 saturated carbocycles. The van der Waals surface area contributed by atoms with Crippen molar-refractivity contribution in [3.05, 3.63) is 70.8 Å². The Morgan fingerprint density at radius 2 is 1.48 bits per heavy atom. The highest BCUT2D eigenvalue weighted by Gasteiger charge is 2.24. The van der Waals surface area contributed by atoms with Gasteiger partial charge in [0, 0.05) is 19.0 Å². The maximum Gasteiger partial charge on any atom is 0.223 e. The van der Waals surface area contributed by atoms with Gasteiger partial charge in [-0.2, -0.15) is 0 Å². The van der Waals surface area contributed by atoms with Gasteiger partial charge in [0.05, 0.1) is 0 Å². The molecule has 0 aliphatic carbocycles. The first-order chi connectivity index (χ1) is 13.1. The van der Waals surface area contributed by atoms with Crippen molar-refractivity contribution in [1.82, 2.24) is 10.2 Å². The molecule has 0 spiro atoms. The number of hydrogen-bond donors (Lipinski definition) is 1. The molecular weight excluding hydrogens is 332 g/mol. The molecule has 2 aromatic rings. The van der Waals surface area contributed by atoms with Crippen molar-refractivity contribution in [2.75, 3.05) is 19.6 Å². The first-order valence-electron chi connectivity index (χ1n) is 10.2. The average Bonchev–Trinajstić information content (AvgIpc) is 2.69. The van der Waals surface area contributed by atoms with Crippen LogP contribution in [-0.4, -0.2) is 30.4 Å². The summed E-state index contributed by atoms with van der Waals surface area (Å²) in [5, 5.41) is 3.15. The van der Waals surface area contributed by atoms with Crippen LogP contribution in [0.3, 0.4) is 0 Å². The molecular formula is C24H32N2O. The normalized spacial score (nSPS) is 15.6. The van der Waals surface area contributed by atoms with Crippen molar-refractivity contribution >= 4 is 5.91 Å². The Morgan fingerprint density at radius 3 is 2.07 bits per heavy atom. The molecule has 0 radical (unpaired) electrons. The lowest BCUT2D eigenvalue weighted by atomic mass is 9.95. The van der Waals surface area contributed by atoms with Gasteiger partial charge < -0.3 is 5.32 Å². The number of piperidine rings is 1. The quantitative estimate of drug-likeness (QED) is 0.745. The van der Waals surface area contributed by atoms with Crippen LogP contribution in [0.25, 0.3) is 0 Å². The highest BCUT2D eigenvalue weighted by atomic mass is 16.1. The molecule has 0 bridgehead atoms. The molecule has 144 valence electrons. The standard InChI is InChI=1S/C24H32N2O/c1-19-5-9-21(10-6-19)4-3-15-25-24(27)23-13-16-26(17-14-23)18-22-11-7-20(2)8-12-22/h5-12,23H,3-4,13-18H2,1-2H3,(H,25,27). The average molecular weight is 365 g/mol. The molecule has 3 rings (SSSR count). The van der Waals surface area contributed by atoms with Crippen LogP contribution in [0.2, 0.25) is 0 Å². The number of benzene rings is 2. The fraction of sp³-hybridized carbons (Fsp3) is 0.458. The fourth-order valence-electron chi connectivity index (χ4n) is 3.71. The summed E-state index contributed by atoms with van der Waals surface area (Å²) in [6.45, 7) is 8.01. The summed E-state index contributed by atoms with van der Waals surface area (Å²) in [5.74, 6) is 0.424. The summed E-state index contributed by atoms with van der Waals surface area (Å²) in [5.41, 5.74) is 5.30. The predicted octanol–water partition coefficient (Wildman–Crippen LogP) is 4.26. The van der Waals surface area contributed by atoms with Crippen LogP contribution in [-0.2, 0) is 17.8 Å². The van der Waals surface area contributed by atoms with E-state index >= 15 is 0 Å². The summed E-state index contributed by atoms with van der Waals surface area (Å²) >= 11 is 0. The third-order valence-corrected chi connectivity index (χ3v) is 5.55. The van der Waals surface area contributed by atoms with Crippen molar-refractivity contribution < 1.29 is 4.79 Å². The molecule has 1 amide bonds. The van der Waals surface area contributed by atoms with E-state index < -0.39 is 0 Å². The fourth-order valence-corrected chi connectivity index (χ4v) is 3.71. The summed E-state index contributed by atoms with van der Waals surface area (Å²) in [4.78, 5) is 14.9. The van der Waals surface area contributed by atoms with Gasteiger partial charge in [-0.15, -0.1) is 0 Å². The number of rotatable bonds is 7. The summed E-state index contributed by atoms with van der Waals surface area (Å²) in [6.07, 6.45) is 3.96. The topological polar surface area (TPSA) is 32.3 Å². The van der Waals surface area contributed by atoms with Gasteiger partial charge in [0.15, 0.2) is 0 Å². The van der Waals surface area contributed by atoms with Crippen LogP contribution in [0.5, 0.6) is 0 Å². The van der Waals surface area contributed by atoms with Gasteiger partial charge in [-0.3, -0.25) is 9.69 Å². The van der Waals surface area contributed by atoms with Crippen LogP contribution >= 0.6 is 0 Å². The lowest BCUT2D eigenvalue weighted by Gasteiger charge is -2.31. The van der Waals surface area contributed by atoms with E-state index in [0.29, 0.717) is 0 Å². The van der Waals surface area contributed by atoms with E-state index in [4.69, 9.17) is 0 Å². The molecule has 0 atom stereocenters. The maximum absolute atomic E-state index is 12.4.